The molecule has 4 aromatic heterocycles. The van der Waals surface area contributed by atoms with Crippen LogP contribution in [0.15, 0.2) is 47.5 Å². The molecule has 5 unspecified atom stereocenters. The Morgan fingerprint density at radius 2 is 0.985 bits per heavy atom. The van der Waals surface area contributed by atoms with E-state index in [-0.39, 0.29) is 22.6 Å². The molecule has 2 amide bonds. The fraction of sp³-hybridized carbons (Fsp3) is 0.614. The average Bonchev–Trinajstić information content (AvgIpc) is 4.18. The molecule has 0 aliphatic carbocycles. The highest BCUT2D eigenvalue weighted by molar-refractivity contribution is 7.23. The van der Waals surface area contributed by atoms with Crippen molar-refractivity contribution in [3.05, 3.63) is 78.2 Å². The van der Waals surface area contributed by atoms with Crippen LogP contribution in [-0.2, 0) is 20.4 Å². The van der Waals surface area contributed by atoms with Gasteiger partial charge in [0.05, 0.1) is 32.3 Å². The molecule has 356 valence electrons. The van der Waals surface area contributed by atoms with E-state index in [4.69, 9.17) is 0 Å². The maximum absolute atomic E-state index is 15.5. The van der Waals surface area contributed by atoms with Crippen molar-refractivity contribution in [3.8, 4) is 19.5 Å². The van der Waals surface area contributed by atoms with Gasteiger partial charge in [0.1, 0.15) is 0 Å². The molecular weight excluding hydrogens is 873 g/mol. The van der Waals surface area contributed by atoms with Crippen LogP contribution in [0.4, 0.5) is 0 Å². The number of fused-ring (bicyclic) bond motifs is 1. The molecule has 0 radical (unpaired) electrons. The van der Waals surface area contributed by atoms with Gasteiger partial charge in [-0.05, 0) is 111 Å². The first-order valence-electron chi connectivity index (χ1n) is 25.7. The number of hydrogen-bond acceptors (Lipinski definition) is 6. The van der Waals surface area contributed by atoms with Crippen molar-refractivity contribution in [2.24, 2.45) is 17.8 Å². The summed E-state index contributed by atoms with van der Waals surface area (Å²) in [6.07, 6.45) is 16.9. The molecule has 5 atom stereocenters. The van der Waals surface area contributed by atoms with Gasteiger partial charge in [-0.2, -0.15) is 0 Å². The summed E-state index contributed by atoms with van der Waals surface area (Å²) in [6, 6.07) is 13.7. The lowest BCUT2D eigenvalue weighted by Gasteiger charge is -2.35. The minimum absolute atomic E-state index is 0.00401. The summed E-state index contributed by atoms with van der Waals surface area (Å²) in [7, 11) is 0. The highest BCUT2D eigenvalue weighted by Crippen LogP contribution is 2.53. The molecule has 0 N–H and O–H groups in total. The Labute approximate surface area is 411 Å². The molecule has 0 saturated carbocycles. The van der Waals surface area contributed by atoms with Crippen molar-refractivity contribution < 1.29 is 9.59 Å². The molecule has 6 rings (SSSR count). The van der Waals surface area contributed by atoms with Gasteiger partial charge in [0.25, 0.3) is 11.8 Å². The van der Waals surface area contributed by atoms with Crippen LogP contribution in [0.3, 0.4) is 0 Å². The van der Waals surface area contributed by atoms with Crippen LogP contribution in [0.25, 0.3) is 30.9 Å². The first kappa shape index (κ1) is 51.6. The fourth-order valence-corrected chi connectivity index (χ4v) is 15.9. The van der Waals surface area contributed by atoms with Gasteiger partial charge >= 0.3 is 0 Å². The number of rotatable bonds is 26. The van der Waals surface area contributed by atoms with E-state index in [0.717, 1.165) is 91.8 Å². The fourth-order valence-electron chi connectivity index (χ4n) is 10.7. The van der Waals surface area contributed by atoms with Gasteiger partial charge < -0.3 is 9.80 Å². The molecule has 8 heteroatoms. The average molecular weight is 956 g/mol. The number of aryl methyl sites for hydroxylation is 2. The highest BCUT2D eigenvalue weighted by Gasteiger charge is 2.50. The Morgan fingerprint density at radius 1 is 0.538 bits per heavy atom. The molecule has 0 aromatic carbocycles. The smallest absolute Gasteiger partial charge is 0.261 e. The van der Waals surface area contributed by atoms with Crippen molar-refractivity contribution in [1.29, 1.82) is 0 Å². The van der Waals surface area contributed by atoms with Gasteiger partial charge in [-0.1, -0.05) is 140 Å². The Kier molecular flexibility index (Phi) is 17.9. The van der Waals surface area contributed by atoms with E-state index in [0.29, 0.717) is 42.0 Å². The second-order valence-electron chi connectivity index (χ2n) is 20.2. The van der Waals surface area contributed by atoms with Crippen LogP contribution in [0.5, 0.6) is 0 Å². The third kappa shape index (κ3) is 10.5. The molecule has 4 aromatic rings. The van der Waals surface area contributed by atoms with E-state index in [1.165, 1.54) is 66.1 Å². The predicted octanol–water partition coefficient (Wildman–Crippen LogP) is 18.1. The van der Waals surface area contributed by atoms with E-state index in [1.807, 2.05) is 32.5 Å². The molecule has 65 heavy (non-hydrogen) atoms. The number of carbonyl (C=O) groups is 2. The third-order valence-electron chi connectivity index (χ3n) is 15.5. The minimum Gasteiger partial charge on any atom is -0.306 e. The lowest BCUT2D eigenvalue weighted by Crippen LogP contribution is -2.34. The van der Waals surface area contributed by atoms with Gasteiger partial charge in [-0.25, -0.2) is 0 Å². The lowest BCUT2D eigenvalue weighted by atomic mass is 9.71. The number of amides is 2. The van der Waals surface area contributed by atoms with Crippen LogP contribution in [0.2, 0.25) is 0 Å². The lowest BCUT2D eigenvalue weighted by molar-refractivity contribution is -0.124. The zero-order valence-corrected chi connectivity index (χ0v) is 45.8. The Bertz CT molecular complexity index is 2320. The summed E-state index contributed by atoms with van der Waals surface area (Å²) >= 11 is 7.43. The normalized spacial score (nSPS) is 17.7. The topological polar surface area (TPSA) is 40.6 Å². The largest absolute Gasteiger partial charge is 0.306 e. The maximum Gasteiger partial charge on any atom is 0.261 e. The standard InChI is InChI=1S/C57H82N2O2S4/c1-14-22-25-40(19-6)35-58-50(44-29-27-42(62-44)46-33-37(9)52(64-46)56(12,21-8)32-24-16-3)48-49(55(58)61)51(59(54(48)60)36-41(20-7)26-23-15-2)45-30-28-43(63-45)47-34-38(10)53(65-47)57(13,31-17-4)39(11)18-5/h27-30,33-34,39-41H,14-26,31-32,35-36H2,1-13H3. The molecule has 2 aliphatic heterocycles. The number of carbonyl (C=O) groups excluding carboxylic acids is 2. The minimum atomic E-state index is 0.00401. The number of nitrogens with zero attached hydrogens (tertiary/aromatic N) is 2. The van der Waals surface area contributed by atoms with E-state index in [9.17, 15) is 0 Å². The summed E-state index contributed by atoms with van der Waals surface area (Å²) in [5, 5.41) is 0. The summed E-state index contributed by atoms with van der Waals surface area (Å²) < 4.78 is 0. The van der Waals surface area contributed by atoms with Crippen LogP contribution < -0.4 is 0 Å². The zero-order chi connectivity index (χ0) is 47.2. The summed E-state index contributed by atoms with van der Waals surface area (Å²) in [5.41, 5.74) is 5.98. The van der Waals surface area contributed by atoms with Crippen LogP contribution in [0, 0.1) is 31.6 Å². The predicted molar refractivity (Wildman–Crippen MR) is 287 cm³/mol. The number of unbranched alkanes of at least 4 members (excludes halogenated alkanes) is 3. The van der Waals surface area contributed by atoms with Gasteiger partial charge in [0, 0.05) is 53.2 Å². The quantitative estimate of drug-likeness (QED) is 0.0629. The summed E-state index contributed by atoms with van der Waals surface area (Å²) in [4.78, 5) is 45.2. The molecule has 0 spiro atoms. The first-order valence-corrected chi connectivity index (χ1v) is 29.0. The first-order chi connectivity index (χ1) is 31.2. The third-order valence-corrected chi connectivity index (χ3v) is 21.2. The monoisotopic (exact) mass is 955 g/mol. The van der Waals surface area contributed by atoms with E-state index < -0.39 is 0 Å². The van der Waals surface area contributed by atoms with Crippen LogP contribution in [0.1, 0.15) is 203 Å². The molecule has 2 aliphatic rings. The number of thiophene rings is 4. The highest BCUT2D eigenvalue weighted by atomic mass is 32.1. The Balaban J connectivity index is 1.52. The molecule has 0 fully saturated rings. The second-order valence-corrected chi connectivity index (χ2v) is 24.5. The van der Waals surface area contributed by atoms with Gasteiger partial charge in [0.2, 0.25) is 0 Å². The SMILES string of the molecule is CCCCC(CC)CN1C(=O)C2=C(c3ccc(-c4cc(C)c(C(C)(CCC)C(C)CC)s4)s3)N(CC(CC)CCCC)C(=O)C2=C1c1ccc(-c2cc(C)c(C(C)(CC)CCCC)s2)s1. The Morgan fingerprint density at radius 3 is 1.40 bits per heavy atom. The van der Waals surface area contributed by atoms with Gasteiger partial charge in [-0.3, -0.25) is 9.59 Å². The van der Waals surface area contributed by atoms with Crippen molar-refractivity contribution >= 4 is 68.6 Å². The molecular formula is C57H82N2O2S4. The molecule has 4 nitrogen and oxygen atoms in total. The van der Waals surface area contributed by atoms with Crippen LogP contribution in [-0.4, -0.2) is 34.7 Å². The number of hydrogen-bond donors (Lipinski definition) is 0. The molecule has 0 bridgehead atoms. The molecule has 0 saturated heterocycles. The zero-order valence-electron chi connectivity index (χ0n) is 42.6. The Hall–Kier alpha value is -2.78. The van der Waals surface area contributed by atoms with Crippen molar-refractivity contribution in [3.63, 3.8) is 0 Å². The maximum atomic E-state index is 15.5. The van der Waals surface area contributed by atoms with Gasteiger partial charge in [-0.15, -0.1) is 45.3 Å². The van der Waals surface area contributed by atoms with Gasteiger partial charge in [0.15, 0.2) is 0 Å². The molecule has 6 heterocycles. The summed E-state index contributed by atoms with van der Waals surface area (Å²) in [5.74, 6) is 1.31. The van der Waals surface area contributed by atoms with Crippen LogP contribution >= 0.6 is 45.3 Å². The van der Waals surface area contributed by atoms with Crippen molar-refractivity contribution in [2.75, 3.05) is 13.1 Å². The second kappa shape index (κ2) is 22.6. The van der Waals surface area contributed by atoms with E-state index >= 15 is 9.59 Å². The van der Waals surface area contributed by atoms with E-state index in [2.05, 4.69) is 126 Å². The van der Waals surface area contributed by atoms with Crippen molar-refractivity contribution in [1.82, 2.24) is 9.80 Å². The van der Waals surface area contributed by atoms with E-state index in [1.54, 1.807) is 22.7 Å². The van der Waals surface area contributed by atoms with Crippen molar-refractivity contribution in [2.45, 2.75) is 197 Å². The summed E-state index contributed by atoms with van der Waals surface area (Å²) in [6.45, 7) is 31.5.